The first-order valence-electron chi connectivity index (χ1n) is 7.33. The van der Waals surface area contributed by atoms with E-state index in [0.29, 0.717) is 19.6 Å². The summed E-state index contributed by atoms with van der Waals surface area (Å²) in [5.74, 6) is -0.156. The first-order chi connectivity index (χ1) is 9.93. The molecule has 0 saturated carbocycles. The molecular formula is C16H21N3O2. The van der Waals surface area contributed by atoms with E-state index in [0.717, 1.165) is 11.3 Å². The molecule has 0 spiro atoms. The largest absolute Gasteiger partial charge is 0.384 e. The summed E-state index contributed by atoms with van der Waals surface area (Å²) in [4.78, 5) is 28.7. The summed E-state index contributed by atoms with van der Waals surface area (Å²) in [5.41, 5.74) is 1.28. The Morgan fingerprint density at radius 3 is 2.76 bits per heavy atom. The quantitative estimate of drug-likeness (QED) is 0.846. The molecule has 2 aliphatic heterocycles. The Morgan fingerprint density at radius 1 is 1.29 bits per heavy atom. The maximum atomic E-state index is 12.9. The highest BCUT2D eigenvalue weighted by Crippen LogP contribution is 2.34. The Hall–Kier alpha value is -2.04. The number of nitrogens with one attached hydrogen (secondary N) is 1. The van der Waals surface area contributed by atoms with Gasteiger partial charge in [0, 0.05) is 32.4 Å². The van der Waals surface area contributed by atoms with Gasteiger partial charge in [0.1, 0.15) is 5.54 Å². The van der Waals surface area contributed by atoms with E-state index in [2.05, 4.69) is 5.32 Å². The zero-order valence-corrected chi connectivity index (χ0v) is 12.7. The number of carbonyl (C=O) groups is 2. The van der Waals surface area contributed by atoms with E-state index in [4.69, 9.17) is 0 Å². The first kappa shape index (κ1) is 13.9. The van der Waals surface area contributed by atoms with Crippen LogP contribution in [0, 0.1) is 0 Å². The zero-order valence-electron chi connectivity index (χ0n) is 12.7. The lowest BCUT2D eigenvalue weighted by Gasteiger charge is -2.45. The van der Waals surface area contributed by atoms with Gasteiger partial charge in [-0.3, -0.25) is 9.59 Å². The molecule has 2 heterocycles. The van der Waals surface area contributed by atoms with E-state index in [1.54, 1.807) is 16.8 Å². The van der Waals surface area contributed by atoms with Gasteiger partial charge in [-0.15, -0.1) is 0 Å². The van der Waals surface area contributed by atoms with Crippen LogP contribution < -0.4 is 5.32 Å². The molecule has 0 aliphatic carbocycles. The number of amides is 2. The third-order valence-corrected chi connectivity index (χ3v) is 4.60. The Morgan fingerprint density at radius 2 is 2.00 bits per heavy atom. The predicted molar refractivity (Wildman–Crippen MR) is 81.1 cm³/mol. The second kappa shape index (κ2) is 4.76. The molecular weight excluding hydrogens is 266 g/mol. The van der Waals surface area contributed by atoms with Gasteiger partial charge < -0.3 is 15.1 Å². The highest BCUT2D eigenvalue weighted by molar-refractivity contribution is 5.95. The van der Waals surface area contributed by atoms with E-state index in [1.807, 2.05) is 38.1 Å². The fraction of sp³-hybridized carbons (Fsp3) is 0.500. The molecule has 21 heavy (non-hydrogen) atoms. The SMILES string of the molecule is CN1CCN(C(=O)C2CNc3ccccc32)C(C)(C)C1=O. The summed E-state index contributed by atoms with van der Waals surface area (Å²) < 4.78 is 0. The number of likely N-dealkylation sites (N-methyl/N-ethyl adjacent to an activating group) is 1. The van der Waals surface area contributed by atoms with E-state index in [-0.39, 0.29) is 17.7 Å². The lowest BCUT2D eigenvalue weighted by atomic mass is 9.93. The molecule has 3 rings (SSSR count). The summed E-state index contributed by atoms with van der Waals surface area (Å²) in [7, 11) is 1.79. The van der Waals surface area contributed by atoms with Crippen molar-refractivity contribution in [2.75, 3.05) is 32.0 Å². The molecule has 112 valence electrons. The number of rotatable bonds is 1. The van der Waals surface area contributed by atoms with Crippen LogP contribution in [0.15, 0.2) is 24.3 Å². The van der Waals surface area contributed by atoms with Gasteiger partial charge in [0.25, 0.3) is 0 Å². The van der Waals surface area contributed by atoms with Gasteiger partial charge in [-0.05, 0) is 25.5 Å². The minimum absolute atomic E-state index is 0.00124. The summed E-state index contributed by atoms with van der Waals surface area (Å²) in [6, 6.07) is 7.89. The monoisotopic (exact) mass is 287 g/mol. The third-order valence-electron chi connectivity index (χ3n) is 4.60. The zero-order chi connectivity index (χ0) is 15.2. The number of fused-ring (bicyclic) bond motifs is 1. The average molecular weight is 287 g/mol. The van der Waals surface area contributed by atoms with Crippen molar-refractivity contribution in [1.29, 1.82) is 0 Å². The van der Waals surface area contributed by atoms with Gasteiger partial charge in [-0.2, -0.15) is 0 Å². The molecule has 2 aliphatic rings. The highest BCUT2D eigenvalue weighted by atomic mass is 16.2. The maximum Gasteiger partial charge on any atom is 0.247 e. The molecule has 1 N–H and O–H groups in total. The minimum atomic E-state index is -0.776. The van der Waals surface area contributed by atoms with E-state index >= 15 is 0 Å². The summed E-state index contributed by atoms with van der Waals surface area (Å²) in [6.07, 6.45) is 0. The molecule has 1 fully saturated rings. The van der Waals surface area contributed by atoms with E-state index < -0.39 is 5.54 Å². The molecule has 2 amide bonds. The first-order valence-corrected chi connectivity index (χ1v) is 7.33. The van der Waals surface area contributed by atoms with Crippen molar-refractivity contribution in [3.63, 3.8) is 0 Å². The molecule has 1 aromatic rings. The number of nitrogens with zero attached hydrogens (tertiary/aromatic N) is 2. The second-order valence-corrected chi connectivity index (χ2v) is 6.30. The molecule has 0 bridgehead atoms. The fourth-order valence-electron chi connectivity index (χ4n) is 3.29. The van der Waals surface area contributed by atoms with Crippen molar-refractivity contribution >= 4 is 17.5 Å². The summed E-state index contributed by atoms with van der Waals surface area (Å²) in [5, 5.41) is 3.27. The lowest BCUT2D eigenvalue weighted by molar-refractivity contribution is -0.157. The van der Waals surface area contributed by atoms with Crippen molar-refractivity contribution in [2.45, 2.75) is 25.3 Å². The van der Waals surface area contributed by atoms with Crippen LogP contribution in [0.2, 0.25) is 0 Å². The number of hydrogen-bond donors (Lipinski definition) is 1. The van der Waals surface area contributed by atoms with E-state index in [9.17, 15) is 9.59 Å². The fourth-order valence-corrected chi connectivity index (χ4v) is 3.29. The standard InChI is InChI=1S/C16H21N3O2/c1-16(2)15(21)18(3)8-9-19(16)14(20)12-10-17-13-7-5-4-6-11(12)13/h4-7,12,17H,8-10H2,1-3H3. The van der Waals surface area contributed by atoms with Gasteiger partial charge >= 0.3 is 0 Å². The number of anilines is 1. The topological polar surface area (TPSA) is 52.6 Å². The second-order valence-electron chi connectivity index (χ2n) is 6.30. The van der Waals surface area contributed by atoms with Gasteiger partial charge in [0.15, 0.2) is 0 Å². The molecule has 0 aromatic heterocycles. The highest BCUT2D eigenvalue weighted by Gasteiger charge is 2.45. The van der Waals surface area contributed by atoms with Gasteiger partial charge in [0.2, 0.25) is 11.8 Å². The van der Waals surface area contributed by atoms with Crippen LogP contribution in [0.25, 0.3) is 0 Å². The molecule has 0 radical (unpaired) electrons. The van der Waals surface area contributed by atoms with Crippen molar-refractivity contribution in [1.82, 2.24) is 9.80 Å². The normalized spacial score (nSPS) is 23.8. The smallest absolute Gasteiger partial charge is 0.247 e. The van der Waals surface area contributed by atoms with Crippen LogP contribution in [-0.2, 0) is 9.59 Å². The maximum absolute atomic E-state index is 12.9. The summed E-state index contributed by atoms with van der Waals surface area (Å²) >= 11 is 0. The molecule has 1 saturated heterocycles. The molecule has 1 aromatic carbocycles. The number of hydrogen-bond acceptors (Lipinski definition) is 3. The third kappa shape index (κ3) is 2.07. The van der Waals surface area contributed by atoms with Crippen LogP contribution in [0.4, 0.5) is 5.69 Å². The molecule has 1 atom stereocenters. The molecule has 5 nitrogen and oxygen atoms in total. The van der Waals surface area contributed by atoms with E-state index in [1.165, 1.54) is 0 Å². The van der Waals surface area contributed by atoms with Crippen molar-refractivity contribution < 1.29 is 9.59 Å². The minimum Gasteiger partial charge on any atom is -0.384 e. The van der Waals surface area contributed by atoms with Gasteiger partial charge in [-0.1, -0.05) is 18.2 Å². The Bertz CT molecular complexity index is 597. The molecule has 5 heteroatoms. The molecule has 1 unspecified atom stereocenters. The van der Waals surface area contributed by atoms with Gasteiger partial charge in [-0.25, -0.2) is 0 Å². The van der Waals surface area contributed by atoms with Crippen molar-refractivity contribution in [3.8, 4) is 0 Å². The number of benzene rings is 1. The van der Waals surface area contributed by atoms with Crippen LogP contribution in [0.5, 0.6) is 0 Å². The average Bonchev–Trinajstić information content (AvgIpc) is 2.88. The van der Waals surface area contributed by atoms with Crippen LogP contribution in [0.1, 0.15) is 25.3 Å². The van der Waals surface area contributed by atoms with Gasteiger partial charge in [0.05, 0.1) is 5.92 Å². The van der Waals surface area contributed by atoms with Crippen LogP contribution in [-0.4, -0.2) is 53.8 Å². The Balaban J connectivity index is 1.88. The summed E-state index contributed by atoms with van der Waals surface area (Å²) in [6.45, 7) is 5.45. The Labute approximate surface area is 124 Å². The van der Waals surface area contributed by atoms with Crippen LogP contribution in [0.3, 0.4) is 0 Å². The van der Waals surface area contributed by atoms with Crippen molar-refractivity contribution in [2.24, 2.45) is 0 Å². The Kier molecular flexibility index (Phi) is 3.15. The van der Waals surface area contributed by atoms with Crippen LogP contribution >= 0.6 is 0 Å². The lowest BCUT2D eigenvalue weighted by Crippen LogP contribution is -2.64. The van der Waals surface area contributed by atoms with Crippen molar-refractivity contribution in [3.05, 3.63) is 29.8 Å². The number of piperazine rings is 1. The number of carbonyl (C=O) groups excluding carboxylic acids is 2. The predicted octanol–water partition coefficient (Wildman–Crippen LogP) is 1.27. The number of para-hydroxylation sites is 1.